The Morgan fingerprint density at radius 3 is 2.64 bits per heavy atom. The highest BCUT2D eigenvalue weighted by molar-refractivity contribution is 7.89. The van der Waals surface area contributed by atoms with Crippen molar-refractivity contribution in [2.45, 2.75) is 24.0 Å². The van der Waals surface area contributed by atoms with E-state index in [1.807, 2.05) is 14.1 Å². The first kappa shape index (κ1) is 16.7. The molecular formula is C13H20N4O4S. The summed E-state index contributed by atoms with van der Waals surface area (Å²) in [7, 11) is -0.242. The van der Waals surface area contributed by atoms with Gasteiger partial charge in [0.25, 0.3) is 0 Å². The van der Waals surface area contributed by atoms with Crippen LogP contribution in [0.2, 0.25) is 0 Å². The quantitative estimate of drug-likeness (QED) is 0.792. The van der Waals surface area contributed by atoms with Crippen molar-refractivity contribution in [2.24, 2.45) is 5.73 Å². The molecule has 1 aromatic heterocycles. The third-order valence-electron chi connectivity index (χ3n) is 3.52. The van der Waals surface area contributed by atoms with Gasteiger partial charge in [-0.3, -0.25) is 4.79 Å². The summed E-state index contributed by atoms with van der Waals surface area (Å²) in [6.07, 6.45) is 0.693. The number of carbonyl (C=O) groups excluding carboxylic acids is 1. The summed E-state index contributed by atoms with van der Waals surface area (Å²) in [6.45, 7) is 1.92. The number of nitrogens with two attached hydrogens (primary N) is 1. The van der Waals surface area contributed by atoms with E-state index in [1.165, 1.54) is 12.3 Å². The molecule has 2 atom stereocenters. The molecule has 0 aliphatic carbocycles. The lowest BCUT2D eigenvalue weighted by Crippen LogP contribution is -2.58. The Labute approximate surface area is 129 Å². The van der Waals surface area contributed by atoms with Crippen molar-refractivity contribution in [3.8, 4) is 0 Å². The van der Waals surface area contributed by atoms with Crippen molar-refractivity contribution in [3.05, 3.63) is 18.3 Å². The second kappa shape index (κ2) is 6.19. The zero-order chi connectivity index (χ0) is 16.5. The molecule has 8 nitrogen and oxygen atoms in total. The lowest BCUT2D eigenvalue weighted by atomic mass is 10.1. The van der Waals surface area contributed by atoms with E-state index in [9.17, 15) is 13.2 Å². The van der Waals surface area contributed by atoms with E-state index in [2.05, 4.69) is 4.98 Å². The van der Waals surface area contributed by atoms with Gasteiger partial charge in [-0.15, -0.1) is 0 Å². The number of nitrogens with zero attached hydrogens (tertiary/aromatic N) is 3. The predicted molar refractivity (Wildman–Crippen MR) is 80.9 cm³/mol. The number of primary amides is 1. The van der Waals surface area contributed by atoms with Crippen molar-refractivity contribution in [1.29, 1.82) is 0 Å². The summed E-state index contributed by atoms with van der Waals surface area (Å²) >= 11 is 0. The van der Waals surface area contributed by atoms with E-state index in [-0.39, 0.29) is 18.0 Å². The molecule has 2 rings (SSSR count). The monoisotopic (exact) mass is 328 g/mol. The number of amides is 1. The first-order valence-electron chi connectivity index (χ1n) is 6.81. The smallest absolute Gasteiger partial charge is 0.245 e. The Kier molecular flexibility index (Phi) is 4.69. The van der Waals surface area contributed by atoms with Gasteiger partial charge < -0.3 is 15.4 Å². The molecule has 1 aliphatic rings. The summed E-state index contributed by atoms with van der Waals surface area (Å²) in [6, 6.07) is 2.05. The van der Waals surface area contributed by atoms with Gasteiger partial charge in [0.2, 0.25) is 15.9 Å². The first-order valence-corrected chi connectivity index (χ1v) is 8.25. The molecule has 1 amide bonds. The number of ether oxygens (including phenoxy) is 1. The van der Waals surface area contributed by atoms with Crippen molar-refractivity contribution < 1.29 is 17.9 Å². The second-order valence-corrected chi connectivity index (χ2v) is 7.18. The van der Waals surface area contributed by atoms with E-state index in [0.29, 0.717) is 5.82 Å². The number of hydrogen-bond donors (Lipinski definition) is 1. The number of sulfonamides is 1. The van der Waals surface area contributed by atoms with Crippen molar-refractivity contribution in [1.82, 2.24) is 9.29 Å². The van der Waals surface area contributed by atoms with Crippen LogP contribution in [-0.2, 0) is 19.6 Å². The molecule has 2 heterocycles. The Hall–Kier alpha value is -1.71. The van der Waals surface area contributed by atoms with Gasteiger partial charge in [-0.1, -0.05) is 0 Å². The molecule has 1 aliphatic heterocycles. The number of morpholine rings is 1. The number of pyridine rings is 1. The van der Waals surface area contributed by atoms with Crippen LogP contribution in [0.3, 0.4) is 0 Å². The SMILES string of the molecule is C[C@H]1OCCN(S(=O)(=O)c2ccc(N(C)C)nc2)[C@@H]1C(N)=O. The summed E-state index contributed by atoms with van der Waals surface area (Å²) in [5.41, 5.74) is 5.34. The van der Waals surface area contributed by atoms with Crippen LogP contribution in [0, 0.1) is 0 Å². The Morgan fingerprint density at radius 2 is 2.14 bits per heavy atom. The largest absolute Gasteiger partial charge is 0.375 e. The fraction of sp³-hybridized carbons (Fsp3) is 0.538. The molecule has 22 heavy (non-hydrogen) atoms. The van der Waals surface area contributed by atoms with Crippen molar-refractivity contribution >= 4 is 21.7 Å². The maximum absolute atomic E-state index is 12.7. The van der Waals surface area contributed by atoms with E-state index >= 15 is 0 Å². The first-order chi connectivity index (χ1) is 10.2. The van der Waals surface area contributed by atoms with Gasteiger partial charge in [-0.2, -0.15) is 4.31 Å². The van der Waals surface area contributed by atoms with E-state index in [4.69, 9.17) is 10.5 Å². The molecule has 0 unspecified atom stereocenters. The lowest BCUT2D eigenvalue weighted by Gasteiger charge is -2.36. The van der Waals surface area contributed by atoms with Gasteiger partial charge in [0.05, 0.1) is 12.7 Å². The van der Waals surface area contributed by atoms with Gasteiger partial charge in [0.15, 0.2) is 0 Å². The number of anilines is 1. The molecule has 9 heteroatoms. The highest BCUT2D eigenvalue weighted by Gasteiger charge is 2.41. The van der Waals surface area contributed by atoms with Crippen molar-refractivity contribution in [3.63, 3.8) is 0 Å². The molecule has 0 bridgehead atoms. The number of aromatic nitrogens is 1. The van der Waals surface area contributed by atoms with Gasteiger partial charge in [0, 0.05) is 26.8 Å². The topological polar surface area (TPSA) is 106 Å². The van der Waals surface area contributed by atoms with Crippen LogP contribution in [0.15, 0.2) is 23.2 Å². The highest BCUT2D eigenvalue weighted by atomic mass is 32.2. The third-order valence-corrected chi connectivity index (χ3v) is 5.39. The minimum Gasteiger partial charge on any atom is -0.375 e. The van der Waals surface area contributed by atoms with E-state index in [0.717, 1.165) is 4.31 Å². The van der Waals surface area contributed by atoms with Crippen LogP contribution >= 0.6 is 0 Å². The average molecular weight is 328 g/mol. The summed E-state index contributed by atoms with van der Waals surface area (Å²) in [4.78, 5) is 17.5. The third kappa shape index (κ3) is 3.06. The minimum atomic E-state index is -3.86. The summed E-state index contributed by atoms with van der Waals surface area (Å²) < 4.78 is 31.9. The van der Waals surface area contributed by atoms with Crippen LogP contribution in [0.1, 0.15) is 6.92 Å². The minimum absolute atomic E-state index is 0.0263. The maximum atomic E-state index is 12.7. The summed E-state index contributed by atoms with van der Waals surface area (Å²) in [5, 5.41) is 0. The molecule has 0 aromatic carbocycles. The van der Waals surface area contributed by atoms with Gasteiger partial charge >= 0.3 is 0 Å². The molecule has 1 fully saturated rings. The average Bonchev–Trinajstić information content (AvgIpc) is 2.46. The van der Waals surface area contributed by atoms with Crippen LogP contribution in [-0.4, -0.2) is 63.0 Å². The van der Waals surface area contributed by atoms with Crippen LogP contribution in [0.4, 0.5) is 5.82 Å². The number of rotatable bonds is 4. The van der Waals surface area contributed by atoms with E-state index < -0.39 is 28.1 Å². The molecule has 0 spiro atoms. The fourth-order valence-corrected chi connectivity index (χ4v) is 3.95. The van der Waals surface area contributed by atoms with Crippen LogP contribution in [0.25, 0.3) is 0 Å². The Morgan fingerprint density at radius 1 is 1.45 bits per heavy atom. The van der Waals surface area contributed by atoms with Gasteiger partial charge in [-0.25, -0.2) is 13.4 Å². The Balaban J connectivity index is 2.37. The number of carbonyl (C=O) groups is 1. The molecule has 1 aromatic rings. The molecule has 0 saturated carbocycles. The van der Waals surface area contributed by atoms with Crippen LogP contribution in [0.5, 0.6) is 0 Å². The lowest BCUT2D eigenvalue weighted by molar-refractivity contribution is -0.130. The molecule has 0 radical (unpaired) electrons. The molecule has 2 N–H and O–H groups in total. The number of hydrogen-bond acceptors (Lipinski definition) is 6. The van der Waals surface area contributed by atoms with Gasteiger partial charge in [0.1, 0.15) is 16.8 Å². The standard InChI is InChI=1S/C13H20N4O4S/c1-9-12(13(14)18)17(6-7-21-9)22(19,20)10-4-5-11(15-8-10)16(2)3/h4-5,8-9,12H,6-7H2,1-3H3,(H2,14,18)/t9-,12+/m1/s1. The fourth-order valence-electron chi connectivity index (χ4n) is 2.36. The molecular weight excluding hydrogens is 308 g/mol. The normalized spacial score (nSPS) is 23.2. The highest BCUT2D eigenvalue weighted by Crippen LogP contribution is 2.24. The second-order valence-electron chi connectivity index (χ2n) is 5.29. The van der Waals surface area contributed by atoms with Gasteiger partial charge in [-0.05, 0) is 19.1 Å². The zero-order valence-electron chi connectivity index (χ0n) is 12.8. The summed E-state index contributed by atoms with van der Waals surface area (Å²) in [5.74, 6) is -0.0885. The maximum Gasteiger partial charge on any atom is 0.245 e. The Bertz CT molecular complexity index is 645. The van der Waals surface area contributed by atoms with Crippen LogP contribution < -0.4 is 10.6 Å². The zero-order valence-corrected chi connectivity index (χ0v) is 13.6. The predicted octanol–water partition coefficient (Wildman–Crippen LogP) is -0.589. The van der Waals surface area contributed by atoms with Crippen molar-refractivity contribution in [2.75, 3.05) is 32.1 Å². The molecule has 122 valence electrons. The molecule has 1 saturated heterocycles. The van der Waals surface area contributed by atoms with E-state index in [1.54, 1.807) is 17.9 Å².